The summed E-state index contributed by atoms with van der Waals surface area (Å²) in [6.45, 7) is 9.60. The summed E-state index contributed by atoms with van der Waals surface area (Å²) in [6.07, 6.45) is -0.908. The fourth-order valence-electron chi connectivity index (χ4n) is 8.47. The molecule has 0 radical (unpaired) electrons. The second-order valence-electron chi connectivity index (χ2n) is 21.3. The third-order valence-electron chi connectivity index (χ3n) is 13.0. The molecule has 22 N–H and O–H groups in total. The number of aliphatic hydroxyl groups is 2. The van der Waals surface area contributed by atoms with Gasteiger partial charge in [-0.1, -0.05) is 59.7 Å². The van der Waals surface area contributed by atoms with Crippen LogP contribution in [0.3, 0.4) is 0 Å². The van der Waals surface area contributed by atoms with Crippen molar-refractivity contribution in [2.75, 3.05) is 26.2 Å². The number of aliphatic hydroxyl groups excluding tert-OH is 2. The smallest absolute Gasteiger partial charge is 0.322 e. The van der Waals surface area contributed by atoms with Crippen LogP contribution in [0.25, 0.3) is 10.9 Å². The Kier molecular flexibility index (Phi) is 30.7. The number of unbranched alkanes of at least 4 members (excludes halogenated alkanes) is 1. The maximum absolute atomic E-state index is 14.4. The molecule has 10 atom stereocenters. The van der Waals surface area contributed by atoms with Crippen LogP contribution in [-0.2, 0) is 59.2 Å². The lowest BCUT2D eigenvalue weighted by Gasteiger charge is -2.29. The highest BCUT2D eigenvalue weighted by Crippen LogP contribution is 2.20. The molecule has 83 heavy (non-hydrogen) atoms. The Bertz CT molecular complexity index is 2550. The molecule has 0 saturated heterocycles. The van der Waals surface area contributed by atoms with Gasteiger partial charge in [0.1, 0.15) is 54.9 Å². The molecule has 1 aromatic heterocycles. The normalized spacial score (nSPS) is 14.9. The van der Waals surface area contributed by atoms with Gasteiger partial charge in [-0.2, -0.15) is 0 Å². The number of nitrogens with one attached hydrogen (secondary N) is 10. The molecule has 2 rings (SSSR count). The number of aliphatic carboxylic acids is 2. The summed E-state index contributed by atoms with van der Waals surface area (Å²) in [5.74, 6) is -12.6. The number of aromatic nitrogens is 1. The van der Waals surface area contributed by atoms with Gasteiger partial charge in [0.2, 0.25) is 53.2 Å². The summed E-state index contributed by atoms with van der Waals surface area (Å²) in [7, 11) is 0. The molecule has 0 aliphatic rings. The summed E-state index contributed by atoms with van der Waals surface area (Å²) in [6, 6.07) is -6.21. The van der Waals surface area contributed by atoms with Gasteiger partial charge >= 0.3 is 11.9 Å². The monoisotopic (exact) mass is 1170 g/mol. The third kappa shape index (κ3) is 25.0. The quantitative estimate of drug-likeness (QED) is 0.0173. The first kappa shape index (κ1) is 71.1. The van der Waals surface area contributed by atoms with E-state index in [9.17, 15) is 68.1 Å². The van der Waals surface area contributed by atoms with Crippen molar-refractivity contribution in [3.63, 3.8) is 0 Å². The van der Waals surface area contributed by atoms with Gasteiger partial charge < -0.3 is 96.2 Å². The lowest BCUT2D eigenvalue weighted by atomic mass is 9.99. The Hall–Kier alpha value is -7.96. The number of benzene rings is 1. The zero-order valence-electron chi connectivity index (χ0n) is 48.1. The first-order chi connectivity index (χ1) is 39.0. The lowest BCUT2D eigenvalue weighted by Crippen LogP contribution is -2.62. The third-order valence-corrected chi connectivity index (χ3v) is 13.0. The van der Waals surface area contributed by atoms with E-state index in [0.717, 1.165) is 6.92 Å². The number of carboxylic acids is 2. The summed E-state index contributed by atoms with van der Waals surface area (Å²) < 4.78 is 0. The average Bonchev–Trinajstić information content (AvgIpc) is 3.99. The van der Waals surface area contributed by atoms with E-state index in [1.165, 1.54) is 0 Å². The average molecular weight is 1170 g/mol. The predicted octanol–water partition coefficient (Wildman–Crippen LogP) is -4.10. The molecule has 1 aromatic carbocycles. The van der Waals surface area contributed by atoms with Gasteiger partial charge in [-0.15, -0.1) is 0 Å². The number of carbonyl (C=O) groups is 11. The van der Waals surface area contributed by atoms with Crippen LogP contribution in [0.1, 0.15) is 105 Å². The Labute approximate surface area is 481 Å². The topological polar surface area (TPSA) is 509 Å². The number of nitrogens with zero attached hydrogens (tertiary/aromatic N) is 1. The molecular weight excluding hydrogens is 1090 g/mol. The second kappa shape index (κ2) is 35.8. The van der Waals surface area contributed by atoms with Crippen LogP contribution in [0.15, 0.2) is 35.5 Å². The van der Waals surface area contributed by atoms with Gasteiger partial charge in [-0.25, -0.2) is 0 Å². The Morgan fingerprint density at radius 2 is 1.06 bits per heavy atom. The second-order valence-corrected chi connectivity index (χ2v) is 21.3. The molecule has 0 unspecified atom stereocenters. The van der Waals surface area contributed by atoms with Crippen LogP contribution in [0.4, 0.5) is 0 Å². The number of guanidine groups is 1. The van der Waals surface area contributed by atoms with Gasteiger partial charge in [0, 0.05) is 36.5 Å². The molecule has 30 nitrogen and oxygen atoms in total. The summed E-state index contributed by atoms with van der Waals surface area (Å²) in [5, 5.41) is 62.7. The maximum Gasteiger partial charge on any atom is 0.322 e. The number of hydrogen-bond donors (Lipinski definition) is 18. The van der Waals surface area contributed by atoms with Gasteiger partial charge in [0.15, 0.2) is 5.96 Å². The number of para-hydroxylation sites is 1. The minimum atomic E-state index is -1.82. The van der Waals surface area contributed by atoms with E-state index >= 15 is 0 Å². The SMILES string of the molecule is CC(C)C[C@H](N)C(=O)N[C@H](C(=O)N[C@H](C(=O)N[C@@H](CCC(=O)O)C(=O)N[C@@H](CCCCN)C(=O)N[C@@H](CO)C(=O)N[C@@H](CCCN=C(N)N)C(=O)N[C@@H](Cc1c[nH]c2ccccc12)C(=O)N[C@H](C(=O)NCC(=O)O)C(C)C)[C@@H](C)O)C(C)C. The molecule has 2 aromatic rings. The van der Waals surface area contributed by atoms with Crippen molar-refractivity contribution >= 4 is 82.0 Å². The zero-order chi connectivity index (χ0) is 62.7. The molecule has 0 bridgehead atoms. The van der Waals surface area contributed by atoms with Crippen LogP contribution < -0.4 is 70.8 Å². The number of rotatable bonds is 38. The minimum absolute atomic E-state index is 0.0398. The summed E-state index contributed by atoms with van der Waals surface area (Å²) in [5.41, 5.74) is 24.0. The number of nitrogens with two attached hydrogens (primary N) is 4. The van der Waals surface area contributed by atoms with Crippen molar-refractivity contribution in [1.82, 2.24) is 52.8 Å². The molecule has 9 amide bonds. The summed E-state index contributed by atoms with van der Waals surface area (Å²) >= 11 is 0. The van der Waals surface area contributed by atoms with E-state index < -0.39 is 163 Å². The Balaban J connectivity index is 2.48. The number of carbonyl (C=O) groups excluding carboxylic acids is 9. The number of aliphatic imine (C=N–C) groups is 1. The van der Waals surface area contributed by atoms with Crippen molar-refractivity contribution in [2.24, 2.45) is 45.7 Å². The van der Waals surface area contributed by atoms with Crippen LogP contribution in [0, 0.1) is 17.8 Å². The number of carboxylic acid groups (broad SMARTS) is 2. The van der Waals surface area contributed by atoms with Crippen molar-refractivity contribution in [3.8, 4) is 0 Å². The van der Waals surface area contributed by atoms with Gasteiger partial charge in [-0.3, -0.25) is 57.7 Å². The van der Waals surface area contributed by atoms with Crippen LogP contribution >= 0.6 is 0 Å². The van der Waals surface area contributed by atoms with E-state index in [1.54, 1.807) is 58.2 Å². The molecular formula is C53H87N15O15. The molecule has 464 valence electrons. The van der Waals surface area contributed by atoms with Gasteiger partial charge in [0.05, 0.1) is 18.8 Å². The highest BCUT2D eigenvalue weighted by atomic mass is 16.4. The molecule has 30 heteroatoms. The number of H-pyrrole nitrogens is 1. The summed E-state index contributed by atoms with van der Waals surface area (Å²) in [4.78, 5) is 154. The van der Waals surface area contributed by atoms with Gasteiger partial charge in [-0.05, 0) is 87.8 Å². The number of aromatic amines is 1. The first-order valence-corrected chi connectivity index (χ1v) is 27.5. The van der Waals surface area contributed by atoms with Crippen molar-refractivity contribution in [1.29, 1.82) is 0 Å². The zero-order valence-corrected chi connectivity index (χ0v) is 48.1. The highest BCUT2D eigenvalue weighted by molar-refractivity contribution is 5.99. The Morgan fingerprint density at radius 1 is 0.578 bits per heavy atom. The van der Waals surface area contributed by atoms with E-state index in [0.29, 0.717) is 29.3 Å². The van der Waals surface area contributed by atoms with Crippen LogP contribution in [0.5, 0.6) is 0 Å². The first-order valence-electron chi connectivity index (χ1n) is 27.5. The lowest BCUT2D eigenvalue weighted by molar-refractivity contribution is -0.139. The highest BCUT2D eigenvalue weighted by Gasteiger charge is 2.37. The van der Waals surface area contributed by atoms with E-state index in [-0.39, 0.29) is 57.1 Å². The predicted molar refractivity (Wildman–Crippen MR) is 304 cm³/mol. The van der Waals surface area contributed by atoms with E-state index in [4.69, 9.17) is 28.0 Å². The molecule has 1 heterocycles. The molecule has 0 spiro atoms. The van der Waals surface area contributed by atoms with Gasteiger partial charge in [0.25, 0.3) is 0 Å². The Morgan fingerprint density at radius 3 is 1.59 bits per heavy atom. The van der Waals surface area contributed by atoms with Crippen molar-refractivity contribution in [3.05, 3.63) is 36.0 Å². The minimum Gasteiger partial charge on any atom is -0.481 e. The number of hydrogen-bond acceptors (Lipinski definition) is 16. The number of fused-ring (bicyclic) bond motifs is 1. The number of amides is 9. The molecule has 0 saturated carbocycles. The fourth-order valence-corrected chi connectivity index (χ4v) is 8.47. The maximum atomic E-state index is 14.4. The molecule has 0 fully saturated rings. The van der Waals surface area contributed by atoms with Crippen LogP contribution in [0.2, 0.25) is 0 Å². The fraction of sp³-hybridized carbons (Fsp3) is 0.623. The molecule has 0 aliphatic heterocycles. The van der Waals surface area contributed by atoms with Crippen molar-refractivity contribution in [2.45, 2.75) is 167 Å². The van der Waals surface area contributed by atoms with Crippen molar-refractivity contribution < 1.29 is 73.2 Å². The van der Waals surface area contributed by atoms with E-state index in [1.807, 2.05) is 13.8 Å². The van der Waals surface area contributed by atoms with Crippen LogP contribution in [-0.4, -0.2) is 183 Å². The van der Waals surface area contributed by atoms with E-state index in [2.05, 4.69) is 57.8 Å². The standard InChI is InChI=1S/C53H87N15O15/c1-26(2)21-32(55)44(75)66-42(28(5)6)51(82)68-43(29(7)70)52(83)63-36(17-18-39(71)72)47(78)61-34(15-10-11-19-54)46(77)65-38(25-69)49(80)62-35(16-12-20-58-53(56)57)45(76)64-37(22-30-23-59-33-14-9-8-13-31(30)33)48(79)67-41(27(3)4)50(81)60-24-40(73)74/h8-9,13-14,23,26-29,32,34-38,41-43,59,69-70H,10-12,15-22,24-25,54-55H2,1-7H3,(H,60,81)(H,61,78)(H,62,80)(H,63,83)(H,64,76)(H,65,77)(H,66,75)(H,67,79)(H,68,82)(H,71,72)(H,73,74)(H4,56,57,58)/t29-,32+,34+,35+,36+,37+,38+,41+,42+,43+/m1/s1. The molecule has 0 aliphatic carbocycles. The largest absolute Gasteiger partial charge is 0.481 e.